The molecule has 2 aliphatic rings. The molecule has 1 aromatic carbocycles. The van der Waals surface area contributed by atoms with Gasteiger partial charge in [0.25, 0.3) is 0 Å². The molecule has 2 aromatic rings. The van der Waals surface area contributed by atoms with E-state index in [-0.39, 0.29) is 17.9 Å². The van der Waals surface area contributed by atoms with E-state index in [0.717, 1.165) is 56.4 Å². The number of carbonyl (C=O) groups excluding carboxylic acids is 2. The number of likely N-dealkylation sites (tertiary alicyclic amines) is 2. The van der Waals surface area contributed by atoms with Crippen molar-refractivity contribution in [3.8, 4) is 0 Å². The molecule has 0 unspecified atom stereocenters. The summed E-state index contributed by atoms with van der Waals surface area (Å²) in [6.07, 6.45) is 11.2. The number of fused-ring (bicyclic) bond motifs is 1. The number of rotatable bonds is 5. The van der Waals surface area contributed by atoms with E-state index in [4.69, 9.17) is 11.6 Å². The summed E-state index contributed by atoms with van der Waals surface area (Å²) in [6, 6.07) is 11.6. The van der Waals surface area contributed by atoms with Crippen LogP contribution < -0.4 is 0 Å². The fraction of sp³-hybridized carbons (Fsp3) is 0.400. The van der Waals surface area contributed by atoms with E-state index in [2.05, 4.69) is 4.98 Å². The van der Waals surface area contributed by atoms with Crippen molar-refractivity contribution in [1.29, 1.82) is 0 Å². The number of hydrogen-bond acceptors (Lipinski definition) is 3. The van der Waals surface area contributed by atoms with Gasteiger partial charge in [0.2, 0.25) is 11.8 Å². The van der Waals surface area contributed by atoms with Crippen molar-refractivity contribution >= 4 is 29.5 Å². The predicted molar refractivity (Wildman–Crippen MR) is 122 cm³/mol. The van der Waals surface area contributed by atoms with Crippen LogP contribution >= 0.6 is 11.6 Å². The van der Waals surface area contributed by atoms with Crippen LogP contribution in [0.2, 0.25) is 5.02 Å². The number of aryl methyl sites for hydroxylation is 1. The van der Waals surface area contributed by atoms with Crippen LogP contribution in [0.5, 0.6) is 0 Å². The molecule has 0 spiro atoms. The van der Waals surface area contributed by atoms with Gasteiger partial charge >= 0.3 is 0 Å². The Morgan fingerprint density at radius 3 is 2.74 bits per heavy atom. The third kappa shape index (κ3) is 5.53. The Kier molecular flexibility index (Phi) is 7.03. The van der Waals surface area contributed by atoms with Gasteiger partial charge in [-0.05, 0) is 67.0 Å². The minimum atomic E-state index is 0.0565. The first-order valence-corrected chi connectivity index (χ1v) is 11.4. The highest BCUT2D eigenvalue weighted by atomic mass is 35.5. The normalized spacial score (nSPS) is 21.2. The minimum absolute atomic E-state index is 0.0565. The molecule has 2 fully saturated rings. The quantitative estimate of drug-likeness (QED) is 0.658. The molecule has 31 heavy (non-hydrogen) atoms. The summed E-state index contributed by atoms with van der Waals surface area (Å²) in [5.41, 5.74) is 2.05. The van der Waals surface area contributed by atoms with E-state index < -0.39 is 0 Å². The Bertz CT molecular complexity index is 930. The van der Waals surface area contributed by atoms with Crippen molar-refractivity contribution in [1.82, 2.24) is 14.8 Å². The molecule has 0 bridgehead atoms. The molecule has 5 nitrogen and oxygen atoms in total. The summed E-state index contributed by atoms with van der Waals surface area (Å²) in [4.78, 5) is 33.8. The van der Waals surface area contributed by atoms with Crippen LogP contribution in [0.25, 0.3) is 6.08 Å². The van der Waals surface area contributed by atoms with Crippen LogP contribution in [-0.4, -0.2) is 52.3 Å². The Morgan fingerprint density at radius 2 is 1.97 bits per heavy atom. The zero-order chi connectivity index (χ0) is 21.6. The van der Waals surface area contributed by atoms with Gasteiger partial charge in [0.05, 0.1) is 0 Å². The van der Waals surface area contributed by atoms with E-state index in [1.54, 1.807) is 12.3 Å². The third-order valence-electron chi connectivity index (χ3n) is 6.34. The molecular weight excluding hydrogens is 410 g/mol. The molecule has 162 valence electrons. The highest BCUT2D eigenvalue weighted by molar-refractivity contribution is 6.30. The fourth-order valence-corrected chi connectivity index (χ4v) is 4.82. The number of nitrogens with zero attached hydrogens (tertiary/aromatic N) is 3. The minimum Gasteiger partial charge on any atom is -0.342 e. The van der Waals surface area contributed by atoms with Crippen LogP contribution in [0.15, 0.2) is 54.9 Å². The van der Waals surface area contributed by atoms with Crippen LogP contribution in [0.3, 0.4) is 0 Å². The lowest BCUT2D eigenvalue weighted by Gasteiger charge is -2.47. The zero-order valence-corrected chi connectivity index (χ0v) is 18.4. The van der Waals surface area contributed by atoms with Crippen LogP contribution in [-0.2, 0) is 16.0 Å². The lowest BCUT2D eigenvalue weighted by Crippen LogP contribution is -2.56. The first kappa shape index (κ1) is 21.6. The maximum atomic E-state index is 12.9. The van der Waals surface area contributed by atoms with Crippen molar-refractivity contribution in [2.75, 3.05) is 19.6 Å². The summed E-state index contributed by atoms with van der Waals surface area (Å²) in [6.45, 7) is 2.26. The molecule has 0 saturated carbocycles. The van der Waals surface area contributed by atoms with Gasteiger partial charge in [-0.25, -0.2) is 0 Å². The van der Waals surface area contributed by atoms with E-state index in [9.17, 15) is 9.59 Å². The van der Waals surface area contributed by atoms with Crippen molar-refractivity contribution in [3.05, 3.63) is 71.0 Å². The topological polar surface area (TPSA) is 53.5 Å². The van der Waals surface area contributed by atoms with Gasteiger partial charge in [0.1, 0.15) is 0 Å². The average Bonchev–Trinajstić information content (AvgIpc) is 2.82. The molecule has 2 amide bonds. The first-order valence-electron chi connectivity index (χ1n) is 11.0. The van der Waals surface area contributed by atoms with Crippen molar-refractivity contribution < 1.29 is 9.59 Å². The molecule has 1 aromatic heterocycles. The van der Waals surface area contributed by atoms with Gasteiger partial charge in [0.15, 0.2) is 0 Å². The molecule has 6 heteroatoms. The zero-order valence-electron chi connectivity index (χ0n) is 17.6. The van der Waals surface area contributed by atoms with Gasteiger partial charge in [-0.1, -0.05) is 29.8 Å². The monoisotopic (exact) mass is 437 g/mol. The first-order chi connectivity index (χ1) is 15.1. The number of hydrogen-bond donors (Lipinski definition) is 0. The van der Waals surface area contributed by atoms with Crippen molar-refractivity contribution in [3.63, 3.8) is 0 Å². The van der Waals surface area contributed by atoms with Crippen LogP contribution in [0.4, 0.5) is 0 Å². The second kappa shape index (κ2) is 10.1. The molecule has 0 radical (unpaired) electrons. The maximum absolute atomic E-state index is 12.9. The SMILES string of the molecule is O=C(CCc1cccnc1)N1CC[C@H]2[C@H](CCCN2C(=O)C=Cc2ccc(Cl)cc2)C1. The van der Waals surface area contributed by atoms with Crippen molar-refractivity contribution in [2.45, 2.75) is 38.1 Å². The van der Waals surface area contributed by atoms with E-state index >= 15 is 0 Å². The average molecular weight is 438 g/mol. The lowest BCUT2D eigenvalue weighted by molar-refractivity contribution is -0.138. The van der Waals surface area contributed by atoms with Crippen molar-refractivity contribution in [2.24, 2.45) is 5.92 Å². The number of benzene rings is 1. The maximum Gasteiger partial charge on any atom is 0.246 e. The number of carbonyl (C=O) groups is 2. The van der Waals surface area contributed by atoms with E-state index in [1.165, 1.54) is 0 Å². The second-order valence-corrected chi connectivity index (χ2v) is 8.81. The van der Waals surface area contributed by atoms with Gasteiger partial charge in [-0.15, -0.1) is 0 Å². The molecule has 3 heterocycles. The van der Waals surface area contributed by atoms with E-state index in [0.29, 0.717) is 17.4 Å². The lowest BCUT2D eigenvalue weighted by atomic mass is 9.83. The predicted octanol–water partition coefficient (Wildman–Crippen LogP) is 4.22. The van der Waals surface area contributed by atoms with Gasteiger partial charge in [-0.2, -0.15) is 0 Å². The van der Waals surface area contributed by atoms with Gasteiger partial charge in [0, 0.05) is 55.6 Å². The Labute approximate surface area is 188 Å². The highest BCUT2D eigenvalue weighted by Crippen LogP contribution is 2.31. The summed E-state index contributed by atoms with van der Waals surface area (Å²) in [5, 5.41) is 0.684. The molecular formula is C25H28ClN3O2. The third-order valence-corrected chi connectivity index (χ3v) is 6.59. The highest BCUT2D eigenvalue weighted by Gasteiger charge is 2.38. The van der Waals surface area contributed by atoms with Gasteiger partial charge < -0.3 is 9.80 Å². The number of amides is 2. The summed E-state index contributed by atoms with van der Waals surface area (Å²) < 4.78 is 0. The molecule has 0 N–H and O–H groups in total. The number of halogens is 1. The van der Waals surface area contributed by atoms with Crippen LogP contribution in [0, 0.1) is 5.92 Å². The second-order valence-electron chi connectivity index (χ2n) is 8.38. The molecule has 2 saturated heterocycles. The number of piperidine rings is 2. The Hall–Kier alpha value is -2.66. The summed E-state index contributed by atoms with van der Waals surface area (Å²) in [7, 11) is 0. The number of pyridine rings is 1. The fourth-order valence-electron chi connectivity index (χ4n) is 4.70. The Balaban J connectivity index is 1.32. The standard InChI is InChI=1S/C25H28ClN3O2/c26-22-9-5-19(6-10-22)7-12-25(31)29-15-2-4-21-18-28(16-13-23(21)29)24(30)11-8-20-3-1-14-27-17-20/h1,3,5-7,9-10,12,14,17,21,23H,2,4,8,11,13,15-16,18H2/t21-,23+/m1/s1. The molecule has 2 atom stereocenters. The summed E-state index contributed by atoms with van der Waals surface area (Å²) >= 11 is 5.93. The summed E-state index contributed by atoms with van der Waals surface area (Å²) in [5.74, 6) is 0.618. The largest absolute Gasteiger partial charge is 0.342 e. The van der Waals surface area contributed by atoms with Gasteiger partial charge in [-0.3, -0.25) is 14.6 Å². The van der Waals surface area contributed by atoms with E-state index in [1.807, 2.05) is 58.5 Å². The van der Waals surface area contributed by atoms with Crippen LogP contribution in [0.1, 0.15) is 36.8 Å². The molecule has 2 aliphatic heterocycles. The number of aromatic nitrogens is 1. The smallest absolute Gasteiger partial charge is 0.246 e. The molecule has 4 rings (SSSR count). The molecule has 0 aliphatic carbocycles. The Morgan fingerprint density at radius 1 is 1.13 bits per heavy atom.